The van der Waals surface area contributed by atoms with Gasteiger partial charge in [-0.1, -0.05) is 36.8 Å². The minimum atomic E-state index is 0.549. The molecule has 20 heavy (non-hydrogen) atoms. The molecule has 0 aliphatic rings. The third-order valence-corrected chi connectivity index (χ3v) is 5.09. The number of nitrogens with one attached hydrogen (secondary N) is 1. The van der Waals surface area contributed by atoms with Gasteiger partial charge in [0.2, 0.25) is 0 Å². The third-order valence-electron chi connectivity index (χ3n) is 3.44. The van der Waals surface area contributed by atoms with Crippen LogP contribution >= 0.6 is 27.3 Å². The molecule has 1 heterocycles. The molecule has 1 unspecified atom stereocenters. The fraction of sp³-hybridized carbons (Fsp3) is 0.412. The van der Waals surface area contributed by atoms with Gasteiger partial charge in [-0.15, -0.1) is 11.3 Å². The third kappa shape index (κ3) is 4.72. The highest BCUT2D eigenvalue weighted by Crippen LogP contribution is 2.28. The zero-order valence-electron chi connectivity index (χ0n) is 12.2. The van der Waals surface area contributed by atoms with Crippen molar-refractivity contribution in [3.63, 3.8) is 0 Å². The summed E-state index contributed by atoms with van der Waals surface area (Å²) in [5, 5.41) is 3.57. The standard InChI is InChI=1S/C17H22BrNS/c1-3-10-19-12-15(11-16-8-9-17(18)20-16)14-6-4-13(2)5-7-14/h4-9,15,19H,3,10-12H2,1-2H3. The van der Waals surface area contributed by atoms with Crippen molar-refractivity contribution in [3.8, 4) is 0 Å². The van der Waals surface area contributed by atoms with Crippen LogP contribution in [0.4, 0.5) is 0 Å². The lowest BCUT2D eigenvalue weighted by Gasteiger charge is -2.17. The van der Waals surface area contributed by atoms with E-state index in [1.807, 2.05) is 11.3 Å². The average molecular weight is 352 g/mol. The fourth-order valence-electron chi connectivity index (χ4n) is 2.30. The van der Waals surface area contributed by atoms with Crippen molar-refractivity contribution in [2.75, 3.05) is 13.1 Å². The normalized spacial score (nSPS) is 12.6. The van der Waals surface area contributed by atoms with Gasteiger partial charge in [0.15, 0.2) is 0 Å². The van der Waals surface area contributed by atoms with Gasteiger partial charge in [-0.3, -0.25) is 0 Å². The van der Waals surface area contributed by atoms with E-state index in [0.29, 0.717) is 5.92 Å². The monoisotopic (exact) mass is 351 g/mol. The highest BCUT2D eigenvalue weighted by Gasteiger charge is 2.13. The summed E-state index contributed by atoms with van der Waals surface area (Å²) in [6.07, 6.45) is 2.29. The maximum Gasteiger partial charge on any atom is 0.0701 e. The average Bonchev–Trinajstić information content (AvgIpc) is 2.84. The van der Waals surface area contributed by atoms with Crippen LogP contribution in [0.2, 0.25) is 0 Å². The van der Waals surface area contributed by atoms with Crippen LogP contribution in [0.1, 0.15) is 35.3 Å². The van der Waals surface area contributed by atoms with E-state index in [2.05, 4.69) is 71.5 Å². The highest BCUT2D eigenvalue weighted by atomic mass is 79.9. The van der Waals surface area contributed by atoms with Gasteiger partial charge in [-0.05, 0) is 59.9 Å². The highest BCUT2D eigenvalue weighted by molar-refractivity contribution is 9.11. The number of benzene rings is 1. The lowest BCUT2D eigenvalue weighted by atomic mass is 9.94. The number of halogens is 1. The molecule has 1 atom stereocenters. The molecule has 1 N–H and O–H groups in total. The molecular weight excluding hydrogens is 330 g/mol. The molecule has 108 valence electrons. The quantitative estimate of drug-likeness (QED) is 0.680. The topological polar surface area (TPSA) is 12.0 Å². The number of rotatable bonds is 7. The summed E-state index contributed by atoms with van der Waals surface area (Å²) in [7, 11) is 0. The Labute approximate surface area is 134 Å². The van der Waals surface area contributed by atoms with Crippen LogP contribution in [-0.4, -0.2) is 13.1 Å². The molecule has 0 saturated carbocycles. The second kappa shape index (κ2) is 7.96. The Kier molecular flexibility index (Phi) is 6.27. The Morgan fingerprint density at radius 3 is 2.50 bits per heavy atom. The second-order valence-electron chi connectivity index (χ2n) is 5.22. The first-order chi connectivity index (χ1) is 9.69. The van der Waals surface area contributed by atoms with Crippen LogP contribution in [0.3, 0.4) is 0 Å². The molecule has 1 aromatic heterocycles. The number of aryl methyl sites for hydroxylation is 1. The number of hydrogen-bond acceptors (Lipinski definition) is 2. The Morgan fingerprint density at radius 2 is 1.90 bits per heavy atom. The largest absolute Gasteiger partial charge is 0.316 e. The Bertz CT molecular complexity index is 518. The summed E-state index contributed by atoms with van der Waals surface area (Å²) < 4.78 is 1.22. The van der Waals surface area contributed by atoms with Crippen molar-refractivity contribution >= 4 is 27.3 Å². The first kappa shape index (κ1) is 15.7. The molecule has 0 aliphatic carbocycles. The SMILES string of the molecule is CCCNCC(Cc1ccc(Br)s1)c1ccc(C)cc1. The summed E-state index contributed by atoms with van der Waals surface area (Å²) in [6.45, 7) is 6.50. The summed E-state index contributed by atoms with van der Waals surface area (Å²) >= 11 is 5.40. The molecule has 0 aliphatic heterocycles. The molecule has 3 heteroatoms. The predicted molar refractivity (Wildman–Crippen MR) is 92.8 cm³/mol. The van der Waals surface area contributed by atoms with Crippen molar-refractivity contribution in [3.05, 3.63) is 56.2 Å². The first-order valence-electron chi connectivity index (χ1n) is 7.20. The molecule has 0 bridgehead atoms. The summed E-state index contributed by atoms with van der Waals surface area (Å²) in [5.74, 6) is 0.549. The maximum absolute atomic E-state index is 3.57. The van der Waals surface area contributed by atoms with Crippen LogP contribution in [0.5, 0.6) is 0 Å². The molecule has 0 radical (unpaired) electrons. The van der Waals surface area contributed by atoms with Crippen LogP contribution < -0.4 is 5.32 Å². The lowest BCUT2D eigenvalue weighted by molar-refractivity contribution is 0.579. The van der Waals surface area contributed by atoms with E-state index in [1.165, 1.54) is 26.2 Å². The van der Waals surface area contributed by atoms with Crippen molar-refractivity contribution in [2.24, 2.45) is 0 Å². The van der Waals surface area contributed by atoms with E-state index in [-0.39, 0.29) is 0 Å². The summed E-state index contributed by atoms with van der Waals surface area (Å²) in [6, 6.07) is 13.4. The minimum Gasteiger partial charge on any atom is -0.316 e. The molecule has 0 fully saturated rings. The van der Waals surface area contributed by atoms with Gasteiger partial charge in [0.1, 0.15) is 0 Å². The van der Waals surface area contributed by atoms with Crippen molar-refractivity contribution in [1.82, 2.24) is 5.32 Å². The Hall–Kier alpha value is -0.640. The lowest BCUT2D eigenvalue weighted by Crippen LogP contribution is -2.23. The van der Waals surface area contributed by atoms with E-state index in [4.69, 9.17) is 0 Å². The molecule has 2 aromatic rings. The van der Waals surface area contributed by atoms with Gasteiger partial charge in [0, 0.05) is 17.3 Å². The second-order valence-corrected chi connectivity index (χ2v) is 7.77. The van der Waals surface area contributed by atoms with Crippen LogP contribution in [0.15, 0.2) is 40.2 Å². The number of thiophene rings is 1. The van der Waals surface area contributed by atoms with Gasteiger partial charge < -0.3 is 5.32 Å². The van der Waals surface area contributed by atoms with Crippen LogP contribution in [0.25, 0.3) is 0 Å². The molecule has 1 aromatic carbocycles. The van der Waals surface area contributed by atoms with Gasteiger partial charge >= 0.3 is 0 Å². The van der Waals surface area contributed by atoms with Crippen molar-refractivity contribution in [1.29, 1.82) is 0 Å². The number of hydrogen-bond donors (Lipinski definition) is 1. The van der Waals surface area contributed by atoms with E-state index in [1.54, 1.807) is 0 Å². The van der Waals surface area contributed by atoms with Gasteiger partial charge in [-0.25, -0.2) is 0 Å². The van der Waals surface area contributed by atoms with E-state index in [0.717, 1.165) is 19.5 Å². The summed E-state index contributed by atoms with van der Waals surface area (Å²) in [4.78, 5) is 1.45. The zero-order valence-corrected chi connectivity index (χ0v) is 14.6. The molecule has 2 rings (SSSR count). The van der Waals surface area contributed by atoms with E-state index < -0.39 is 0 Å². The van der Waals surface area contributed by atoms with Gasteiger partial charge in [0.25, 0.3) is 0 Å². The Balaban J connectivity index is 2.09. The van der Waals surface area contributed by atoms with Gasteiger partial charge in [0.05, 0.1) is 3.79 Å². The smallest absolute Gasteiger partial charge is 0.0701 e. The predicted octanol–water partition coefficient (Wildman–Crippen LogP) is 5.14. The first-order valence-corrected chi connectivity index (χ1v) is 8.81. The maximum atomic E-state index is 3.57. The summed E-state index contributed by atoms with van der Waals surface area (Å²) in [5.41, 5.74) is 2.76. The van der Waals surface area contributed by atoms with Crippen LogP contribution in [-0.2, 0) is 6.42 Å². The molecular formula is C17H22BrNS. The molecule has 1 nitrogen and oxygen atoms in total. The van der Waals surface area contributed by atoms with E-state index >= 15 is 0 Å². The minimum absolute atomic E-state index is 0.549. The molecule has 0 spiro atoms. The fourth-order valence-corrected chi connectivity index (χ4v) is 3.87. The van der Waals surface area contributed by atoms with Gasteiger partial charge in [-0.2, -0.15) is 0 Å². The molecule has 0 amide bonds. The zero-order chi connectivity index (χ0) is 14.4. The van der Waals surface area contributed by atoms with Crippen molar-refractivity contribution < 1.29 is 0 Å². The van der Waals surface area contributed by atoms with Crippen LogP contribution in [0, 0.1) is 6.92 Å². The Morgan fingerprint density at radius 1 is 1.15 bits per heavy atom. The van der Waals surface area contributed by atoms with Crippen molar-refractivity contribution in [2.45, 2.75) is 32.6 Å². The van der Waals surface area contributed by atoms with E-state index in [9.17, 15) is 0 Å². The molecule has 0 saturated heterocycles.